The second-order valence-corrected chi connectivity index (χ2v) is 7.14. The number of hydrogen-bond acceptors (Lipinski definition) is 7. The van der Waals surface area contributed by atoms with E-state index in [4.69, 9.17) is 5.84 Å². The van der Waals surface area contributed by atoms with Crippen molar-refractivity contribution in [3.8, 4) is 0 Å². The van der Waals surface area contributed by atoms with Crippen LogP contribution in [0.25, 0.3) is 0 Å². The number of aromatic nitrogens is 2. The molecule has 1 aromatic rings. The topological polar surface area (TPSA) is 104 Å². The van der Waals surface area contributed by atoms with E-state index in [1.807, 2.05) is 0 Å². The first-order chi connectivity index (χ1) is 9.98. The van der Waals surface area contributed by atoms with Crippen LogP contribution in [0.15, 0.2) is 17.3 Å². The van der Waals surface area contributed by atoms with Crippen LogP contribution in [-0.4, -0.2) is 60.3 Å². The highest BCUT2D eigenvalue weighted by atomic mass is 32.2. The summed E-state index contributed by atoms with van der Waals surface area (Å²) in [7, 11) is -1.98. The molecule has 118 valence electrons. The van der Waals surface area contributed by atoms with Gasteiger partial charge >= 0.3 is 0 Å². The Balaban J connectivity index is 2.10. The third-order valence-electron chi connectivity index (χ3n) is 3.84. The second kappa shape index (κ2) is 6.65. The zero-order chi connectivity index (χ0) is 15.5. The van der Waals surface area contributed by atoms with Crippen LogP contribution in [0.3, 0.4) is 0 Å². The number of hydrazine groups is 1. The molecule has 9 heteroatoms. The number of nitrogen functional groups attached to an aromatic ring is 1. The van der Waals surface area contributed by atoms with Crippen LogP contribution < -0.4 is 11.3 Å². The molecule has 0 amide bonds. The van der Waals surface area contributed by atoms with E-state index >= 15 is 0 Å². The average Bonchev–Trinajstić information content (AvgIpc) is 2.94. The van der Waals surface area contributed by atoms with Gasteiger partial charge in [-0.05, 0) is 25.9 Å². The molecule has 8 nitrogen and oxygen atoms in total. The van der Waals surface area contributed by atoms with Crippen molar-refractivity contribution in [2.24, 2.45) is 5.84 Å². The van der Waals surface area contributed by atoms with Gasteiger partial charge in [-0.15, -0.1) is 0 Å². The fraction of sp³-hybridized carbons (Fsp3) is 0.667. The number of likely N-dealkylation sites (N-methyl/N-ethyl adjacent to an activating group) is 2. The van der Waals surface area contributed by atoms with Crippen LogP contribution in [0.1, 0.15) is 19.8 Å². The van der Waals surface area contributed by atoms with Gasteiger partial charge in [-0.3, -0.25) is 10.3 Å². The predicted octanol–water partition coefficient (Wildman–Crippen LogP) is -0.133. The maximum Gasteiger partial charge on any atom is 0.245 e. The van der Waals surface area contributed by atoms with Crippen molar-refractivity contribution in [1.82, 2.24) is 19.2 Å². The molecule has 1 fully saturated rings. The highest BCUT2D eigenvalue weighted by Gasteiger charge is 2.29. The first kappa shape index (κ1) is 16.1. The van der Waals surface area contributed by atoms with Crippen molar-refractivity contribution in [1.29, 1.82) is 0 Å². The first-order valence-electron chi connectivity index (χ1n) is 6.98. The van der Waals surface area contributed by atoms with E-state index in [1.165, 1.54) is 16.7 Å². The van der Waals surface area contributed by atoms with Gasteiger partial charge in [-0.1, -0.05) is 6.92 Å². The second-order valence-electron chi connectivity index (χ2n) is 5.10. The maximum atomic E-state index is 12.5. The molecule has 1 unspecified atom stereocenters. The molecular weight excluding hydrogens is 292 g/mol. The van der Waals surface area contributed by atoms with Gasteiger partial charge in [0.05, 0.1) is 12.4 Å². The lowest BCUT2D eigenvalue weighted by Crippen LogP contribution is -2.41. The molecule has 0 bridgehead atoms. The normalized spacial score (nSPS) is 20.1. The summed E-state index contributed by atoms with van der Waals surface area (Å²) in [5.41, 5.74) is 2.27. The Labute approximate surface area is 125 Å². The molecule has 0 spiro atoms. The highest BCUT2D eigenvalue weighted by Crippen LogP contribution is 2.20. The maximum absolute atomic E-state index is 12.5. The fourth-order valence-corrected chi connectivity index (χ4v) is 3.72. The van der Waals surface area contributed by atoms with Gasteiger partial charge in [0.15, 0.2) is 0 Å². The quantitative estimate of drug-likeness (QED) is 0.556. The summed E-state index contributed by atoms with van der Waals surface area (Å²) in [4.78, 5) is 10.1. The lowest BCUT2D eigenvalue weighted by atomic mass is 10.2. The average molecular weight is 314 g/mol. The minimum atomic E-state index is -3.57. The molecule has 21 heavy (non-hydrogen) atoms. The zero-order valence-corrected chi connectivity index (χ0v) is 13.2. The third kappa shape index (κ3) is 3.49. The van der Waals surface area contributed by atoms with Crippen molar-refractivity contribution in [3.63, 3.8) is 0 Å². The summed E-state index contributed by atoms with van der Waals surface area (Å²) >= 11 is 0. The van der Waals surface area contributed by atoms with Crippen LogP contribution in [-0.2, 0) is 10.0 Å². The number of sulfonamides is 1. The highest BCUT2D eigenvalue weighted by molar-refractivity contribution is 7.89. The van der Waals surface area contributed by atoms with E-state index in [-0.39, 0.29) is 16.9 Å². The Bertz CT molecular complexity index is 562. The Hall–Kier alpha value is -1.29. The van der Waals surface area contributed by atoms with Gasteiger partial charge in [0.2, 0.25) is 16.0 Å². The van der Waals surface area contributed by atoms with Crippen molar-refractivity contribution in [3.05, 3.63) is 12.4 Å². The molecule has 0 aromatic carbocycles. The molecular formula is C12H22N6O2S. The van der Waals surface area contributed by atoms with Gasteiger partial charge in [0.1, 0.15) is 4.90 Å². The lowest BCUT2D eigenvalue weighted by Gasteiger charge is -2.27. The number of nitrogens with zero attached hydrogens (tertiary/aromatic N) is 4. The summed E-state index contributed by atoms with van der Waals surface area (Å²) in [6, 6.07) is 0.278. The van der Waals surface area contributed by atoms with Crippen molar-refractivity contribution >= 4 is 16.0 Å². The molecule has 0 saturated carbocycles. The molecule has 2 heterocycles. The van der Waals surface area contributed by atoms with Gasteiger partial charge in [0.25, 0.3) is 0 Å². The minimum absolute atomic E-state index is 0.0741. The van der Waals surface area contributed by atoms with E-state index in [9.17, 15) is 8.42 Å². The van der Waals surface area contributed by atoms with E-state index in [0.717, 1.165) is 25.9 Å². The molecule has 1 aromatic heterocycles. The third-order valence-corrected chi connectivity index (χ3v) is 5.61. The number of rotatable bonds is 6. The summed E-state index contributed by atoms with van der Waals surface area (Å²) < 4.78 is 26.4. The van der Waals surface area contributed by atoms with Gasteiger partial charge in [-0.2, -0.15) is 4.31 Å². The van der Waals surface area contributed by atoms with Crippen LogP contribution in [0, 0.1) is 0 Å². The summed E-state index contributed by atoms with van der Waals surface area (Å²) in [6.07, 6.45) is 4.67. The van der Waals surface area contributed by atoms with Crippen molar-refractivity contribution in [2.75, 3.05) is 32.1 Å². The SMILES string of the molecule is CCN1CCCC1CN(C)S(=O)(=O)c1cnc(NN)nc1. The van der Waals surface area contributed by atoms with Gasteiger partial charge in [0, 0.05) is 19.6 Å². The van der Waals surface area contributed by atoms with Crippen molar-refractivity contribution in [2.45, 2.75) is 30.7 Å². The fourth-order valence-electron chi connectivity index (χ4n) is 2.62. The molecule has 1 aliphatic rings. The Morgan fingerprint density at radius 3 is 2.71 bits per heavy atom. The van der Waals surface area contributed by atoms with E-state index in [1.54, 1.807) is 7.05 Å². The Kier molecular flexibility index (Phi) is 5.09. The van der Waals surface area contributed by atoms with Gasteiger partial charge < -0.3 is 0 Å². The number of nitrogens with two attached hydrogens (primary N) is 1. The smallest absolute Gasteiger partial charge is 0.245 e. The van der Waals surface area contributed by atoms with Crippen LogP contribution >= 0.6 is 0 Å². The molecule has 0 aliphatic carbocycles. The number of likely N-dealkylation sites (tertiary alicyclic amines) is 1. The number of nitrogens with one attached hydrogen (secondary N) is 1. The minimum Gasteiger partial charge on any atom is -0.299 e. The Morgan fingerprint density at radius 2 is 2.14 bits per heavy atom. The van der Waals surface area contributed by atoms with Crippen LogP contribution in [0.4, 0.5) is 5.95 Å². The number of hydrogen-bond donors (Lipinski definition) is 2. The van der Waals surface area contributed by atoms with Crippen molar-refractivity contribution < 1.29 is 8.42 Å². The Morgan fingerprint density at radius 1 is 1.48 bits per heavy atom. The summed E-state index contributed by atoms with van der Waals surface area (Å²) in [6.45, 7) is 4.56. The van der Waals surface area contributed by atoms with E-state index in [0.29, 0.717) is 6.54 Å². The van der Waals surface area contributed by atoms with E-state index < -0.39 is 10.0 Å². The molecule has 0 radical (unpaired) electrons. The zero-order valence-electron chi connectivity index (χ0n) is 12.4. The molecule has 1 saturated heterocycles. The molecule has 3 N–H and O–H groups in total. The molecule has 1 atom stereocenters. The monoisotopic (exact) mass is 314 g/mol. The predicted molar refractivity (Wildman–Crippen MR) is 79.9 cm³/mol. The summed E-state index contributed by atoms with van der Waals surface area (Å²) in [5, 5.41) is 0. The van der Waals surface area contributed by atoms with Crippen LogP contribution in [0.2, 0.25) is 0 Å². The van der Waals surface area contributed by atoms with E-state index in [2.05, 4.69) is 27.2 Å². The molecule has 1 aliphatic heterocycles. The summed E-state index contributed by atoms with van der Waals surface area (Å²) in [5.74, 6) is 5.35. The standard InChI is InChI=1S/C12H22N6O2S/c1-3-18-6-4-5-10(18)9-17(2)21(19,20)11-7-14-12(16-13)15-8-11/h7-8,10H,3-6,9,13H2,1-2H3,(H,14,15,16). The van der Waals surface area contributed by atoms with Gasteiger partial charge in [-0.25, -0.2) is 24.2 Å². The molecule has 2 rings (SSSR count). The first-order valence-corrected chi connectivity index (χ1v) is 8.42. The number of anilines is 1. The largest absolute Gasteiger partial charge is 0.299 e. The lowest BCUT2D eigenvalue weighted by molar-refractivity contribution is 0.237. The van der Waals surface area contributed by atoms with Crippen LogP contribution in [0.5, 0.6) is 0 Å².